The number of hydrogen-bond acceptors (Lipinski definition) is 5. The smallest absolute Gasteiger partial charge is 0.306 e. The predicted octanol–water partition coefficient (Wildman–Crippen LogP) is 4.49. The lowest BCUT2D eigenvalue weighted by molar-refractivity contribution is -0.137. The molecule has 144 valence electrons. The highest BCUT2D eigenvalue weighted by atomic mass is 32.2. The number of carboxylic acid groups (broad SMARTS) is 1. The summed E-state index contributed by atoms with van der Waals surface area (Å²) in [6, 6.07) is 14.7. The molecule has 0 fully saturated rings. The summed E-state index contributed by atoms with van der Waals surface area (Å²) in [5.74, 6) is 1.46. The molecule has 1 atom stereocenters. The first-order valence-electron chi connectivity index (χ1n) is 9.11. The number of nitrogens with zero attached hydrogens (tertiary/aromatic N) is 2. The number of thioether (sulfide) groups is 1. The van der Waals surface area contributed by atoms with Crippen molar-refractivity contribution in [2.45, 2.75) is 18.2 Å². The molecule has 1 unspecified atom stereocenters. The predicted molar refractivity (Wildman–Crippen MR) is 112 cm³/mol. The molecule has 0 amide bonds. The van der Waals surface area contributed by atoms with Gasteiger partial charge in [0.25, 0.3) is 0 Å². The molecule has 5 nitrogen and oxygen atoms in total. The van der Waals surface area contributed by atoms with Crippen LogP contribution in [0.4, 0.5) is 17.1 Å². The van der Waals surface area contributed by atoms with Crippen molar-refractivity contribution >= 4 is 34.8 Å². The maximum Gasteiger partial charge on any atom is 0.306 e. The van der Waals surface area contributed by atoms with E-state index in [4.69, 9.17) is 9.84 Å². The van der Waals surface area contributed by atoms with E-state index in [1.807, 2.05) is 36.8 Å². The Morgan fingerprint density at radius 1 is 1.30 bits per heavy atom. The van der Waals surface area contributed by atoms with Gasteiger partial charge in [0.15, 0.2) is 0 Å². The van der Waals surface area contributed by atoms with E-state index in [2.05, 4.69) is 48.2 Å². The van der Waals surface area contributed by atoms with Gasteiger partial charge in [-0.2, -0.15) is 0 Å². The summed E-state index contributed by atoms with van der Waals surface area (Å²) in [5.41, 5.74) is 3.30. The first-order chi connectivity index (χ1) is 13.0. The molecule has 0 radical (unpaired) electrons. The molecule has 2 aromatic carbocycles. The SMILES string of the molecule is CC1CSc2cc(OCCC(=O)O)c(N(C)C)cc2N(c2ccccc2)C1. The van der Waals surface area contributed by atoms with Crippen molar-refractivity contribution in [1.29, 1.82) is 0 Å². The van der Waals surface area contributed by atoms with Crippen LogP contribution in [0.2, 0.25) is 0 Å². The molecule has 0 bridgehead atoms. The molecule has 0 spiro atoms. The van der Waals surface area contributed by atoms with Gasteiger partial charge in [-0.15, -0.1) is 11.8 Å². The Kier molecular flexibility index (Phi) is 6.16. The normalized spacial score (nSPS) is 16.4. The minimum Gasteiger partial charge on any atom is -0.491 e. The van der Waals surface area contributed by atoms with Crippen LogP contribution < -0.4 is 14.5 Å². The van der Waals surface area contributed by atoms with Crippen molar-refractivity contribution in [3.05, 3.63) is 42.5 Å². The monoisotopic (exact) mass is 386 g/mol. The zero-order valence-corrected chi connectivity index (χ0v) is 16.8. The molecule has 0 saturated carbocycles. The molecule has 2 aromatic rings. The number of ether oxygens (including phenoxy) is 1. The average Bonchev–Trinajstić information content (AvgIpc) is 2.80. The summed E-state index contributed by atoms with van der Waals surface area (Å²) < 4.78 is 5.83. The van der Waals surface area contributed by atoms with Crippen molar-refractivity contribution in [1.82, 2.24) is 0 Å². The van der Waals surface area contributed by atoms with Crippen molar-refractivity contribution in [3.8, 4) is 5.75 Å². The first kappa shape index (κ1) is 19.4. The zero-order valence-electron chi connectivity index (χ0n) is 16.0. The maximum atomic E-state index is 10.8. The number of carbonyl (C=O) groups is 1. The number of para-hydroxylation sites is 1. The summed E-state index contributed by atoms with van der Waals surface area (Å²) in [7, 11) is 3.95. The molecule has 27 heavy (non-hydrogen) atoms. The fourth-order valence-corrected chi connectivity index (χ4v) is 4.20. The third kappa shape index (κ3) is 4.69. The summed E-state index contributed by atoms with van der Waals surface area (Å²) >= 11 is 1.83. The van der Waals surface area contributed by atoms with E-state index >= 15 is 0 Å². The Morgan fingerprint density at radius 3 is 2.70 bits per heavy atom. The third-order valence-electron chi connectivity index (χ3n) is 4.47. The second-order valence-electron chi connectivity index (χ2n) is 7.04. The van der Waals surface area contributed by atoms with Gasteiger partial charge >= 0.3 is 5.97 Å². The van der Waals surface area contributed by atoms with Crippen LogP contribution in [-0.2, 0) is 4.79 Å². The number of carboxylic acids is 1. The van der Waals surface area contributed by atoms with Crippen molar-refractivity contribution in [3.63, 3.8) is 0 Å². The van der Waals surface area contributed by atoms with E-state index in [1.54, 1.807) is 0 Å². The van der Waals surface area contributed by atoms with Crippen LogP contribution in [0, 0.1) is 5.92 Å². The summed E-state index contributed by atoms with van der Waals surface area (Å²) in [4.78, 5) is 16.4. The number of benzene rings is 2. The molecule has 0 aliphatic carbocycles. The molecule has 1 heterocycles. The Balaban J connectivity index is 2.02. The van der Waals surface area contributed by atoms with Gasteiger partial charge in [-0.3, -0.25) is 4.79 Å². The fourth-order valence-electron chi connectivity index (χ4n) is 3.13. The molecule has 3 rings (SSSR count). The minimum atomic E-state index is -0.852. The third-order valence-corrected chi connectivity index (χ3v) is 5.85. The van der Waals surface area contributed by atoms with Crippen LogP contribution in [0.25, 0.3) is 0 Å². The number of hydrogen-bond donors (Lipinski definition) is 1. The summed E-state index contributed by atoms with van der Waals surface area (Å²) in [5, 5.41) is 8.89. The Labute approximate surface area is 164 Å². The van der Waals surface area contributed by atoms with Crippen LogP contribution in [0.1, 0.15) is 13.3 Å². The van der Waals surface area contributed by atoms with Crippen molar-refractivity contribution in [2.75, 3.05) is 42.8 Å². The largest absolute Gasteiger partial charge is 0.491 e. The Bertz CT molecular complexity index is 796. The van der Waals surface area contributed by atoms with Crippen LogP contribution in [0.5, 0.6) is 5.75 Å². The van der Waals surface area contributed by atoms with Gasteiger partial charge in [-0.05, 0) is 30.2 Å². The van der Waals surface area contributed by atoms with Gasteiger partial charge in [-0.25, -0.2) is 0 Å². The summed E-state index contributed by atoms with van der Waals surface area (Å²) in [6.45, 7) is 3.39. The Morgan fingerprint density at radius 2 is 2.04 bits per heavy atom. The van der Waals surface area contributed by atoms with E-state index in [0.717, 1.165) is 23.7 Å². The summed E-state index contributed by atoms with van der Waals surface area (Å²) in [6.07, 6.45) is -0.00965. The average molecular weight is 387 g/mol. The highest BCUT2D eigenvalue weighted by molar-refractivity contribution is 7.99. The van der Waals surface area contributed by atoms with E-state index in [0.29, 0.717) is 5.92 Å². The first-order valence-corrected chi connectivity index (χ1v) is 10.1. The second-order valence-corrected chi connectivity index (χ2v) is 8.10. The number of fused-ring (bicyclic) bond motifs is 1. The van der Waals surface area contributed by atoms with Crippen LogP contribution in [0.3, 0.4) is 0 Å². The van der Waals surface area contributed by atoms with E-state index < -0.39 is 5.97 Å². The van der Waals surface area contributed by atoms with Gasteiger partial charge in [0.1, 0.15) is 5.75 Å². The highest BCUT2D eigenvalue weighted by Crippen LogP contribution is 2.45. The lowest BCUT2D eigenvalue weighted by Gasteiger charge is -2.28. The van der Waals surface area contributed by atoms with E-state index in [-0.39, 0.29) is 13.0 Å². The standard InChI is InChI=1S/C21H26N2O3S/c1-15-13-23(16-7-5-4-6-8-16)18-11-17(22(2)3)19(12-20(18)27-14-15)26-10-9-21(24)25/h4-8,11-12,15H,9-10,13-14H2,1-3H3,(H,24,25). The molecule has 1 N–H and O–H groups in total. The van der Waals surface area contributed by atoms with Crippen LogP contribution in [0.15, 0.2) is 47.4 Å². The van der Waals surface area contributed by atoms with Crippen molar-refractivity contribution < 1.29 is 14.6 Å². The van der Waals surface area contributed by atoms with Gasteiger partial charge in [0, 0.05) is 37.0 Å². The minimum absolute atomic E-state index is 0.00965. The molecule has 0 aromatic heterocycles. The van der Waals surface area contributed by atoms with Gasteiger partial charge in [0.05, 0.1) is 24.4 Å². The lowest BCUT2D eigenvalue weighted by atomic mass is 10.1. The quantitative estimate of drug-likeness (QED) is 0.790. The molecular weight excluding hydrogens is 360 g/mol. The van der Waals surface area contributed by atoms with Gasteiger partial charge < -0.3 is 19.6 Å². The molecule has 0 saturated heterocycles. The highest BCUT2D eigenvalue weighted by Gasteiger charge is 2.24. The second kappa shape index (κ2) is 8.57. The maximum absolute atomic E-state index is 10.8. The van der Waals surface area contributed by atoms with E-state index in [1.165, 1.54) is 16.3 Å². The zero-order chi connectivity index (χ0) is 19.4. The fraction of sp³-hybridized carbons (Fsp3) is 0.381. The number of anilines is 3. The molecule has 1 aliphatic rings. The molecule has 6 heteroatoms. The lowest BCUT2D eigenvalue weighted by Crippen LogP contribution is -2.23. The topological polar surface area (TPSA) is 53.0 Å². The van der Waals surface area contributed by atoms with Crippen molar-refractivity contribution in [2.24, 2.45) is 5.92 Å². The van der Waals surface area contributed by atoms with E-state index in [9.17, 15) is 4.79 Å². The van der Waals surface area contributed by atoms with Crippen LogP contribution in [-0.4, -0.2) is 44.1 Å². The Hall–Kier alpha value is -2.34. The number of aliphatic carboxylic acids is 1. The molecular formula is C21H26N2O3S. The number of rotatable bonds is 6. The van der Waals surface area contributed by atoms with Gasteiger partial charge in [-0.1, -0.05) is 25.1 Å². The van der Waals surface area contributed by atoms with Crippen LogP contribution >= 0.6 is 11.8 Å². The molecule has 1 aliphatic heterocycles. The van der Waals surface area contributed by atoms with Gasteiger partial charge in [0.2, 0.25) is 0 Å².